The van der Waals surface area contributed by atoms with Crippen molar-refractivity contribution in [2.45, 2.75) is 18.8 Å². The van der Waals surface area contributed by atoms with E-state index in [4.69, 9.17) is 9.84 Å². The van der Waals surface area contributed by atoms with Gasteiger partial charge in [0.15, 0.2) is 9.84 Å². The van der Waals surface area contributed by atoms with Crippen molar-refractivity contribution in [1.29, 1.82) is 0 Å². The number of sulfone groups is 1. The molecule has 0 radical (unpaired) electrons. The van der Waals surface area contributed by atoms with E-state index in [1.54, 1.807) is 0 Å². The molecule has 21 heavy (non-hydrogen) atoms. The number of amides is 1. The van der Waals surface area contributed by atoms with Gasteiger partial charge < -0.3 is 15.2 Å². The van der Waals surface area contributed by atoms with Crippen LogP contribution in [0.5, 0.6) is 0 Å². The van der Waals surface area contributed by atoms with Crippen LogP contribution in [0.15, 0.2) is 18.2 Å². The Morgan fingerprint density at radius 2 is 1.95 bits per heavy atom. The minimum Gasteiger partial charge on any atom is -0.478 e. The maximum absolute atomic E-state index is 11.8. The molecule has 0 bridgehead atoms. The maximum Gasteiger partial charge on any atom is 0.335 e. The summed E-state index contributed by atoms with van der Waals surface area (Å²) < 4.78 is 27.6. The highest BCUT2D eigenvalue weighted by Gasteiger charge is 2.23. The molecule has 1 aromatic carbocycles. The highest BCUT2D eigenvalue weighted by Crippen LogP contribution is 2.17. The Balaban J connectivity index is 3.07. The van der Waals surface area contributed by atoms with E-state index in [-0.39, 0.29) is 17.9 Å². The number of hydrogen-bond acceptors (Lipinski definition) is 5. The van der Waals surface area contributed by atoms with Crippen LogP contribution in [0.3, 0.4) is 0 Å². The fourth-order valence-corrected chi connectivity index (χ4v) is 2.02. The van der Waals surface area contributed by atoms with Gasteiger partial charge in [-0.25, -0.2) is 13.2 Å². The molecule has 2 N–H and O–H groups in total. The lowest BCUT2D eigenvalue weighted by atomic mass is 10.1. The summed E-state index contributed by atoms with van der Waals surface area (Å²) in [7, 11) is -2.07. The van der Waals surface area contributed by atoms with Gasteiger partial charge in [0.2, 0.25) is 5.91 Å². The first-order valence-corrected chi connectivity index (χ1v) is 7.96. The van der Waals surface area contributed by atoms with Gasteiger partial charge in [-0.1, -0.05) is 0 Å². The average molecular weight is 315 g/mol. The highest BCUT2D eigenvalue weighted by molar-refractivity contribution is 7.92. The average Bonchev–Trinajstić information content (AvgIpc) is 2.36. The second-order valence-corrected chi connectivity index (χ2v) is 6.98. The van der Waals surface area contributed by atoms with E-state index in [9.17, 15) is 18.0 Å². The number of hydrogen-bond donors (Lipinski definition) is 2. The summed E-state index contributed by atoms with van der Waals surface area (Å²) in [5.41, 5.74) is 0.744. The lowest BCUT2D eigenvalue weighted by Gasteiger charge is -2.12. The molecule has 0 heterocycles. The topological polar surface area (TPSA) is 110 Å². The molecule has 116 valence electrons. The van der Waals surface area contributed by atoms with E-state index < -0.39 is 27.0 Å². The number of ether oxygens (including phenoxy) is 1. The zero-order valence-electron chi connectivity index (χ0n) is 11.9. The van der Waals surface area contributed by atoms with Crippen LogP contribution >= 0.6 is 0 Å². The molecule has 0 saturated carbocycles. The molecule has 0 spiro atoms. The molecule has 1 aromatic rings. The number of carbonyl (C=O) groups excluding carboxylic acids is 1. The SMILES string of the molecule is COCc1cc(NC(=O)[C@@H](C)S(C)(=O)=O)cc(C(=O)O)c1. The van der Waals surface area contributed by atoms with Crippen LogP contribution in [0.25, 0.3) is 0 Å². The van der Waals surface area contributed by atoms with Crippen LogP contribution < -0.4 is 5.32 Å². The lowest BCUT2D eigenvalue weighted by Crippen LogP contribution is -2.31. The van der Waals surface area contributed by atoms with Gasteiger partial charge >= 0.3 is 5.97 Å². The van der Waals surface area contributed by atoms with Gasteiger partial charge in [-0.15, -0.1) is 0 Å². The number of carboxylic acids is 1. The summed E-state index contributed by atoms with van der Waals surface area (Å²) in [5.74, 6) is -1.87. The van der Waals surface area contributed by atoms with Gasteiger partial charge in [-0.3, -0.25) is 4.79 Å². The number of nitrogens with one attached hydrogen (secondary N) is 1. The minimum atomic E-state index is -3.52. The first-order valence-electron chi connectivity index (χ1n) is 6.01. The van der Waals surface area contributed by atoms with Gasteiger partial charge in [-0.2, -0.15) is 0 Å². The third-order valence-corrected chi connectivity index (χ3v) is 4.33. The number of carbonyl (C=O) groups is 2. The molecule has 0 saturated heterocycles. The highest BCUT2D eigenvalue weighted by atomic mass is 32.2. The predicted molar refractivity (Wildman–Crippen MR) is 77.0 cm³/mol. The lowest BCUT2D eigenvalue weighted by molar-refractivity contribution is -0.115. The third-order valence-electron chi connectivity index (χ3n) is 2.83. The number of methoxy groups -OCH3 is 1. The van der Waals surface area contributed by atoms with Gasteiger partial charge in [0.25, 0.3) is 0 Å². The number of anilines is 1. The third kappa shape index (κ3) is 4.83. The summed E-state index contributed by atoms with van der Waals surface area (Å²) in [5, 5.41) is 10.2. The zero-order valence-corrected chi connectivity index (χ0v) is 12.7. The molecule has 1 atom stereocenters. The summed E-state index contributed by atoms with van der Waals surface area (Å²) in [6.45, 7) is 1.44. The van der Waals surface area contributed by atoms with Crippen molar-refractivity contribution in [3.8, 4) is 0 Å². The van der Waals surface area contributed by atoms with Crippen LogP contribution in [0.4, 0.5) is 5.69 Å². The summed E-state index contributed by atoms with van der Waals surface area (Å²) in [6.07, 6.45) is 0.960. The summed E-state index contributed by atoms with van der Waals surface area (Å²) >= 11 is 0. The summed E-state index contributed by atoms with van der Waals surface area (Å²) in [6, 6.07) is 4.21. The first kappa shape index (κ1) is 17.1. The number of carboxylic acid groups (broad SMARTS) is 1. The molecule has 0 aromatic heterocycles. The van der Waals surface area contributed by atoms with E-state index in [1.807, 2.05) is 0 Å². The molecule has 7 nitrogen and oxygen atoms in total. The van der Waals surface area contributed by atoms with Crippen molar-refractivity contribution < 1.29 is 27.9 Å². The summed E-state index contributed by atoms with van der Waals surface area (Å²) in [4.78, 5) is 22.9. The van der Waals surface area contributed by atoms with Crippen LogP contribution in [0, 0.1) is 0 Å². The zero-order chi connectivity index (χ0) is 16.2. The Morgan fingerprint density at radius 3 is 2.43 bits per heavy atom. The van der Waals surface area contributed by atoms with Gasteiger partial charge in [0.05, 0.1) is 12.2 Å². The molecular formula is C13H17NO6S. The Morgan fingerprint density at radius 1 is 1.33 bits per heavy atom. The van der Waals surface area contributed by atoms with Crippen LogP contribution in [-0.2, 0) is 26.0 Å². The molecule has 0 aliphatic carbocycles. The number of rotatable bonds is 6. The van der Waals surface area contributed by atoms with E-state index in [2.05, 4.69) is 5.32 Å². The van der Waals surface area contributed by atoms with Gasteiger partial charge in [-0.05, 0) is 30.7 Å². The smallest absolute Gasteiger partial charge is 0.335 e. The fraction of sp³-hybridized carbons (Fsp3) is 0.385. The monoisotopic (exact) mass is 315 g/mol. The van der Waals surface area contributed by atoms with Crippen molar-refractivity contribution in [2.75, 3.05) is 18.7 Å². The molecule has 0 fully saturated rings. The van der Waals surface area contributed by atoms with Gasteiger partial charge in [0, 0.05) is 19.1 Å². The Bertz CT molecular complexity index is 653. The first-order chi connectivity index (χ1) is 9.65. The fourth-order valence-electron chi connectivity index (χ4n) is 1.58. The maximum atomic E-state index is 11.8. The minimum absolute atomic E-state index is 0.0214. The molecule has 1 rings (SSSR count). The predicted octanol–water partition coefficient (Wildman–Crippen LogP) is 0.903. The van der Waals surface area contributed by atoms with Crippen molar-refractivity contribution >= 4 is 27.4 Å². The molecule has 0 aliphatic heterocycles. The normalized spacial score (nSPS) is 12.7. The van der Waals surface area contributed by atoms with E-state index in [0.717, 1.165) is 6.26 Å². The van der Waals surface area contributed by atoms with Crippen LogP contribution in [0.2, 0.25) is 0 Å². The second kappa shape index (κ2) is 6.68. The van der Waals surface area contributed by atoms with E-state index in [1.165, 1.54) is 32.2 Å². The molecule has 8 heteroatoms. The van der Waals surface area contributed by atoms with Crippen LogP contribution in [0.1, 0.15) is 22.8 Å². The quantitative estimate of drug-likeness (QED) is 0.807. The standard InChI is InChI=1S/C13H17NO6S/c1-8(21(3,18)19)12(15)14-11-5-9(7-20-2)4-10(6-11)13(16)17/h4-6,8H,7H2,1-3H3,(H,14,15)(H,16,17)/t8-/m1/s1. The van der Waals surface area contributed by atoms with Crippen molar-refractivity contribution in [3.63, 3.8) is 0 Å². The van der Waals surface area contributed by atoms with E-state index >= 15 is 0 Å². The van der Waals surface area contributed by atoms with Crippen molar-refractivity contribution in [1.82, 2.24) is 0 Å². The molecule has 1 amide bonds. The largest absolute Gasteiger partial charge is 0.478 e. The Kier molecular flexibility index (Phi) is 5.45. The van der Waals surface area contributed by atoms with Crippen LogP contribution in [-0.4, -0.2) is 44.0 Å². The molecule has 0 aliphatic rings. The van der Waals surface area contributed by atoms with E-state index in [0.29, 0.717) is 5.56 Å². The molecular weight excluding hydrogens is 298 g/mol. The number of aromatic carboxylic acids is 1. The van der Waals surface area contributed by atoms with Crippen molar-refractivity contribution in [2.24, 2.45) is 0 Å². The van der Waals surface area contributed by atoms with Crippen molar-refractivity contribution in [3.05, 3.63) is 29.3 Å². The Labute approximate surface area is 122 Å². The molecule has 0 unspecified atom stereocenters. The van der Waals surface area contributed by atoms with Gasteiger partial charge in [0.1, 0.15) is 5.25 Å². The second-order valence-electron chi connectivity index (χ2n) is 4.62. The number of benzene rings is 1. The Hall–Kier alpha value is -1.93.